The van der Waals surface area contributed by atoms with E-state index in [1.165, 1.54) is 0 Å². The van der Waals surface area contributed by atoms with Crippen LogP contribution in [0.5, 0.6) is 0 Å². The topological polar surface area (TPSA) is 46.5 Å². The van der Waals surface area contributed by atoms with Gasteiger partial charge in [0.2, 0.25) is 0 Å². The van der Waals surface area contributed by atoms with Crippen molar-refractivity contribution in [1.82, 2.24) is 0 Å². The molecule has 3 atom stereocenters. The normalized spacial score (nSPS) is 40.0. The third-order valence-electron chi connectivity index (χ3n) is 1.82. The molecule has 3 unspecified atom stereocenters. The number of aliphatic hydroxyl groups excluding tert-OH is 1. The van der Waals surface area contributed by atoms with E-state index in [0.717, 1.165) is 6.42 Å². The lowest BCUT2D eigenvalue weighted by Gasteiger charge is -2.05. The molecule has 1 saturated heterocycles. The van der Waals surface area contributed by atoms with Gasteiger partial charge in [-0.1, -0.05) is 6.92 Å². The van der Waals surface area contributed by atoms with Gasteiger partial charge >= 0.3 is 0 Å². The zero-order valence-corrected chi connectivity index (χ0v) is 5.99. The second kappa shape index (κ2) is 3.12. The summed E-state index contributed by atoms with van der Waals surface area (Å²) in [5.41, 5.74) is 0. The molecule has 0 amide bonds. The van der Waals surface area contributed by atoms with Crippen molar-refractivity contribution in [3.63, 3.8) is 0 Å². The first-order chi connectivity index (χ1) is 4.77. The lowest BCUT2D eigenvalue weighted by Crippen LogP contribution is -2.21. The maximum Gasteiger partial charge on any atom is 0.151 e. The molecule has 0 aromatic carbocycles. The highest BCUT2D eigenvalue weighted by molar-refractivity contribution is 5.57. The Labute approximate surface area is 60.0 Å². The average molecular weight is 144 g/mol. The second-order valence-corrected chi connectivity index (χ2v) is 2.57. The Balaban J connectivity index is 2.43. The first-order valence-electron chi connectivity index (χ1n) is 3.56. The van der Waals surface area contributed by atoms with E-state index in [0.29, 0.717) is 12.7 Å². The van der Waals surface area contributed by atoms with Gasteiger partial charge in [0.25, 0.3) is 0 Å². The Morgan fingerprint density at radius 2 is 2.50 bits per heavy atom. The van der Waals surface area contributed by atoms with Crippen molar-refractivity contribution in [2.45, 2.75) is 38.1 Å². The fourth-order valence-electron chi connectivity index (χ4n) is 1.16. The molecule has 0 spiro atoms. The number of carbonyl (C=O) groups is 1. The molecule has 0 radical (unpaired) electrons. The van der Waals surface area contributed by atoms with Crippen LogP contribution in [0, 0.1) is 0 Å². The van der Waals surface area contributed by atoms with Crippen LogP contribution in [-0.2, 0) is 9.53 Å². The van der Waals surface area contributed by atoms with E-state index in [-0.39, 0.29) is 6.10 Å². The SMILES string of the molecule is CCC1CC(O)C(C=O)O1. The van der Waals surface area contributed by atoms with Gasteiger partial charge in [-0.15, -0.1) is 0 Å². The van der Waals surface area contributed by atoms with Crippen LogP contribution in [0.3, 0.4) is 0 Å². The first-order valence-corrected chi connectivity index (χ1v) is 3.56. The Kier molecular flexibility index (Phi) is 2.40. The quantitative estimate of drug-likeness (QED) is 0.560. The van der Waals surface area contributed by atoms with Crippen LogP contribution < -0.4 is 0 Å². The Morgan fingerprint density at radius 3 is 2.80 bits per heavy atom. The van der Waals surface area contributed by atoms with E-state index in [2.05, 4.69) is 0 Å². The summed E-state index contributed by atoms with van der Waals surface area (Å²) < 4.78 is 5.15. The zero-order chi connectivity index (χ0) is 7.56. The molecular weight excluding hydrogens is 132 g/mol. The largest absolute Gasteiger partial charge is 0.390 e. The van der Waals surface area contributed by atoms with Crippen LogP contribution >= 0.6 is 0 Å². The molecule has 1 aliphatic rings. The third kappa shape index (κ3) is 1.36. The van der Waals surface area contributed by atoms with Crippen LogP contribution in [0.15, 0.2) is 0 Å². The van der Waals surface area contributed by atoms with Gasteiger partial charge in [0.15, 0.2) is 6.29 Å². The number of hydrogen-bond donors (Lipinski definition) is 1. The minimum absolute atomic E-state index is 0.0743. The van der Waals surface area contributed by atoms with Gasteiger partial charge < -0.3 is 14.6 Å². The summed E-state index contributed by atoms with van der Waals surface area (Å²) in [5.74, 6) is 0. The summed E-state index contributed by atoms with van der Waals surface area (Å²) in [6.07, 6.45) is 1.04. The average Bonchev–Trinajstić information content (AvgIpc) is 2.30. The molecule has 0 aliphatic carbocycles. The van der Waals surface area contributed by atoms with Crippen LogP contribution in [0.2, 0.25) is 0 Å². The van der Waals surface area contributed by atoms with Gasteiger partial charge in [-0.2, -0.15) is 0 Å². The van der Waals surface area contributed by atoms with E-state index in [9.17, 15) is 4.79 Å². The van der Waals surface area contributed by atoms with Crippen molar-refractivity contribution < 1.29 is 14.6 Å². The predicted molar refractivity (Wildman–Crippen MR) is 35.6 cm³/mol. The number of rotatable bonds is 2. The standard InChI is InChI=1S/C7H12O3/c1-2-5-3-6(9)7(4-8)10-5/h4-7,9H,2-3H2,1H3. The minimum Gasteiger partial charge on any atom is -0.390 e. The van der Waals surface area contributed by atoms with Crippen molar-refractivity contribution in [1.29, 1.82) is 0 Å². The minimum atomic E-state index is -0.581. The highest BCUT2D eigenvalue weighted by Gasteiger charge is 2.32. The summed E-state index contributed by atoms with van der Waals surface area (Å²) in [7, 11) is 0. The molecule has 0 aromatic heterocycles. The summed E-state index contributed by atoms with van der Waals surface area (Å²) in [6, 6.07) is 0. The maximum atomic E-state index is 10.2. The van der Waals surface area contributed by atoms with Crippen molar-refractivity contribution in [3.8, 4) is 0 Å². The summed E-state index contributed by atoms with van der Waals surface area (Å²) >= 11 is 0. The second-order valence-electron chi connectivity index (χ2n) is 2.57. The molecule has 1 aliphatic heterocycles. The monoisotopic (exact) mass is 144 g/mol. The van der Waals surface area contributed by atoms with Crippen molar-refractivity contribution in [2.24, 2.45) is 0 Å². The summed E-state index contributed by atoms with van der Waals surface area (Å²) in [4.78, 5) is 10.2. The molecule has 0 aromatic rings. The molecule has 3 nitrogen and oxygen atoms in total. The number of carbonyl (C=O) groups excluding carboxylic acids is 1. The molecule has 1 heterocycles. The zero-order valence-electron chi connectivity index (χ0n) is 5.99. The number of hydrogen-bond acceptors (Lipinski definition) is 3. The lowest BCUT2D eigenvalue weighted by molar-refractivity contribution is -0.120. The van der Waals surface area contributed by atoms with Crippen molar-refractivity contribution in [2.75, 3.05) is 0 Å². The first kappa shape index (κ1) is 7.69. The van der Waals surface area contributed by atoms with Gasteiger partial charge in [0, 0.05) is 6.42 Å². The molecule has 1 fully saturated rings. The molecule has 3 heteroatoms. The molecule has 0 bridgehead atoms. The smallest absolute Gasteiger partial charge is 0.151 e. The Morgan fingerprint density at radius 1 is 1.80 bits per heavy atom. The van der Waals surface area contributed by atoms with E-state index in [1.54, 1.807) is 0 Å². The van der Waals surface area contributed by atoms with Crippen LogP contribution in [-0.4, -0.2) is 29.7 Å². The summed E-state index contributed by atoms with van der Waals surface area (Å²) in [6.45, 7) is 1.98. The van der Waals surface area contributed by atoms with E-state index >= 15 is 0 Å². The molecule has 1 rings (SSSR count). The van der Waals surface area contributed by atoms with Gasteiger partial charge in [-0.3, -0.25) is 0 Å². The highest BCUT2D eigenvalue weighted by atomic mass is 16.5. The molecule has 58 valence electrons. The van der Waals surface area contributed by atoms with Gasteiger partial charge in [0.05, 0.1) is 12.2 Å². The van der Waals surface area contributed by atoms with Crippen LogP contribution in [0.4, 0.5) is 0 Å². The number of aliphatic hydroxyl groups is 1. The van der Waals surface area contributed by atoms with Crippen LogP contribution in [0.1, 0.15) is 19.8 Å². The lowest BCUT2D eigenvalue weighted by atomic mass is 10.1. The fourth-order valence-corrected chi connectivity index (χ4v) is 1.16. The predicted octanol–water partition coefficient (Wildman–Crippen LogP) is 0.114. The molecule has 0 saturated carbocycles. The Bertz CT molecular complexity index is 124. The molecular formula is C7H12O3. The number of ether oxygens (including phenoxy) is 1. The van der Waals surface area contributed by atoms with E-state index in [4.69, 9.17) is 9.84 Å². The Hall–Kier alpha value is -0.410. The van der Waals surface area contributed by atoms with Crippen LogP contribution in [0.25, 0.3) is 0 Å². The van der Waals surface area contributed by atoms with Gasteiger partial charge in [-0.05, 0) is 6.42 Å². The molecule has 10 heavy (non-hydrogen) atoms. The third-order valence-corrected chi connectivity index (χ3v) is 1.82. The van der Waals surface area contributed by atoms with E-state index in [1.807, 2.05) is 6.92 Å². The summed E-state index contributed by atoms with van der Waals surface area (Å²) in [5, 5.41) is 9.13. The fraction of sp³-hybridized carbons (Fsp3) is 0.857. The number of aldehydes is 1. The van der Waals surface area contributed by atoms with Crippen molar-refractivity contribution in [3.05, 3.63) is 0 Å². The molecule has 1 N–H and O–H groups in total. The van der Waals surface area contributed by atoms with E-state index < -0.39 is 12.2 Å². The highest BCUT2D eigenvalue weighted by Crippen LogP contribution is 2.20. The van der Waals surface area contributed by atoms with Crippen molar-refractivity contribution >= 4 is 6.29 Å². The maximum absolute atomic E-state index is 10.2. The van der Waals surface area contributed by atoms with Gasteiger partial charge in [-0.25, -0.2) is 0 Å². The van der Waals surface area contributed by atoms with Gasteiger partial charge in [0.1, 0.15) is 6.10 Å².